The van der Waals surface area contributed by atoms with Gasteiger partial charge in [-0.3, -0.25) is 0 Å². The van der Waals surface area contributed by atoms with Crippen LogP contribution in [0.15, 0.2) is 48.6 Å². The van der Waals surface area contributed by atoms with Crippen LogP contribution in [0, 0.1) is 0 Å². The zero-order chi connectivity index (χ0) is 48.3. The summed E-state index contributed by atoms with van der Waals surface area (Å²) in [5.41, 5.74) is 0. The van der Waals surface area contributed by atoms with Crippen LogP contribution in [0.25, 0.3) is 0 Å². The Morgan fingerprint density at radius 2 is 0.369 bits per heavy atom. The van der Waals surface area contributed by atoms with E-state index in [-0.39, 0.29) is 21.1 Å². The molecular formula is C56H100MoO8. The largest absolute Gasteiger partial charge is 4.00 e. The normalized spacial score (nSPS) is 10.9. The van der Waals surface area contributed by atoms with Gasteiger partial charge in [0.25, 0.3) is 0 Å². The number of hydrogen-bond donors (Lipinski definition) is 0. The molecule has 0 N–H and O–H groups in total. The van der Waals surface area contributed by atoms with E-state index in [0.29, 0.717) is 0 Å². The number of rotatable bonds is 44. The summed E-state index contributed by atoms with van der Waals surface area (Å²) < 4.78 is 0. The molecule has 0 radical (unpaired) electrons. The minimum Gasteiger partial charge on any atom is -0.545 e. The van der Waals surface area contributed by atoms with E-state index < -0.39 is 23.9 Å². The second kappa shape index (κ2) is 68.1. The molecule has 0 fully saturated rings. The zero-order valence-electron chi connectivity index (χ0n) is 42.6. The number of unbranched alkanes of at least 4 members (excludes halogenated alkanes) is 36. The van der Waals surface area contributed by atoms with Crippen molar-refractivity contribution in [2.75, 3.05) is 0 Å². The summed E-state index contributed by atoms with van der Waals surface area (Å²) in [5.74, 6) is -4.35. The Bertz CT molecular complexity index is 916. The molecule has 0 atom stereocenters. The summed E-state index contributed by atoms with van der Waals surface area (Å²) in [7, 11) is 0. The average molecular weight is 997 g/mol. The van der Waals surface area contributed by atoms with Gasteiger partial charge in [0.1, 0.15) is 0 Å². The minimum atomic E-state index is -1.09. The molecule has 0 unspecified atom stereocenters. The van der Waals surface area contributed by atoms with Gasteiger partial charge < -0.3 is 39.6 Å². The van der Waals surface area contributed by atoms with Crippen LogP contribution in [0.1, 0.15) is 285 Å². The second-order valence-corrected chi connectivity index (χ2v) is 17.4. The molecule has 0 aromatic heterocycles. The van der Waals surface area contributed by atoms with Gasteiger partial charge in [-0.1, -0.05) is 257 Å². The molecule has 9 heteroatoms. The Hall–Kier alpha value is -2.47. The first-order chi connectivity index (χ1) is 31.1. The van der Waals surface area contributed by atoms with E-state index in [1.165, 1.54) is 205 Å². The van der Waals surface area contributed by atoms with Crippen molar-refractivity contribution in [3.05, 3.63) is 48.6 Å². The van der Waals surface area contributed by atoms with E-state index >= 15 is 0 Å². The summed E-state index contributed by atoms with van der Waals surface area (Å²) in [6.45, 7) is 8.95. The third-order valence-corrected chi connectivity index (χ3v) is 10.9. The monoisotopic (exact) mass is 999 g/mol. The van der Waals surface area contributed by atoms with Gasteiger partial charge in [-0.25, -0.2) is 0 Å². The van der Waals surface area contributed by atoms with Crippen LogP contribution >= 0.6 is 0 Å². The molecule has 8 nitrogen and oxygen atoms in total. The topological polar surface area (TPSA) is 161 Å². The minimum absolute atomic E-state index is 0. The molecule has 0 saturated carbocycles. The van der Waals surface area contributed by atoms with Crippen LogP contribution in [0.2, 0.25) is 0 Å². The van der Waals surface area contributed by atoms with Crippen LogP contribution in [-0.4, -0.2) is 23.9 Å². The first-order valence-corrected chi connectivity index (χ1v) is 26.6. The molecule has 0 aliphatic heterocycles. The Morgan fingerprint density at radius 1 is 0.246 bits per heavy atom. The molecule has 0 aliphatic rings. The first kappa shape index (κ1) is 71.5. The van der Waals surface area contributed by atoms with E-state index in [1.54, 1.807) is 24.3 Å². The molecule has 0 heterocycles. The maximum atomic E-state index is 10.1. The third kappa shape index (κ3) is 88.9. The van der Waals surface area contributed by atoms with E-state index in [9.17, 15) is 39.6 Å². The fourth-order valence-corrected chi connectivity index (χ4v) is 7.01. The van der Waals surface area contributed by atoms with Crippen molar-refractivity contribution in [2.45, 2.75) is 285 Å². The van der Waals surface area contributed by atoms with Gasteiger partial charge in [0.2, 0.25) is 0 Å². The summed E-state index contributed by atoms with van der Waals surface area (Å²) in [6, 6.07) is 0. The average Bonchev–Trinajstić information content (AvgIpc) is 3.26. The molecule has 378 valence electrons. The molecular weight excluding hydrogens is 897 g/mol. The van der Waals surface area contributed by atoms with E-state index in [0.717, 1.165) is 75.7 Å². The van der Waals surface area contributed by atoms with Gasteiger partial charge in [0.15, 0.2) is 0 Å². The van der Waals surface area contributed by atoms with E-state index in [2.05, 4.69) is 27.7 Å². The molecule has 0 aromatic carbocycles. The van der Waals surface area contributed by atoms with Gasteiger partial charge in [-0.15, -0.1) is 0 Å². The van der Waals surface area contributed by atoms with Crippen LogP contribution in [-0.2, 0) is 40.2 Å². The molecule has 0 amide bonds. The molecule has 0 saturated heterocycles. The van der Waals surface area contributed by atoms with Crippen molar-refractivity contribution in [3.63, 3.8) is 0 Å². The zero-order valence-corrected chi connectivity index (χ0v) is 44.6. The maximum absolute atomic E-state index is 10.1. The molecule has 0 aromatic rings. The summed E-state index contributed by atoms with van der Waals surface area (Å²) in [4.78, 5) is 40.2. The number of carbonyl (C=O) groups is 4. The van der Waals surface area contributed by atoms with Crippen molar-refractivity contribution in [1.82, 2.24) is 0 Å². The SMILES string of the molecule is CCCCCCCCCCCC=CC(=O)[O-].CCCCCCCCCCCC=CC(=O)[O-].CCCCCCCCCCCC=CC(=O)[O-].CCCCCCCCCCCC=CC(=O)[O-].[Mo+4]. The maximum Gasteiger partial charge on any atom is 4.00 e. The van der Waals surface area contributed by atoms with Crippen molar-refractivity contribution in [3.8, 4) is 0 Å². The number of allylic oxidation sites excluding steroid dienone is 4. The van der Waals surface area contributed by atoms with Crippen LogP contribution < -0.4 is 20.4 Å². The predicted molar refractivity (Wildman–Crippen MR) is 264 cm³/mol. The van der Waals surface area contributed by atoms with Gasteiger partial charge in [-0.05, 0) is 75.7 Å². The molecule has 0 spiro atoms. The fraction of sp³-hybridized carbons (Fsp3) is 0.786. The van der Waals surface area contributed by atoms with Crippen LogP contribution in [0.3, 0.4) is 0 Å². The fourth-order valence-electron chi connectivity index (χ4n) is 7.01. The van der Waals surface area contributed by atoms with Crippen LogP contribution in [0.4, 0.5) is 0 Å². The second-order valence-electron chi connectivity index (χ2n) is 17.4. The van der Waals surface area contributed by atoms with Gasteiger partial charge in [0, 0.05) is 0 Å². The Kier molecular flexibility index (Phi) is 75.0. The molecule has 65 heavy (non-hydrogen) atoms. The number of carboxylic acids is 4. The summed E-state index contributed by atoms with van der Waals surface area (Å²) in [5, 5.41) is 40.2. The Balaban J connectivity index is -0.000000245. The Labute approximate surface area is 415 Å². The molecule has 0 aliphatic carbocycles. The number of hydrogen-bond acceptors (Lipinski definition) is 8. The van der Waals surface area contributed by atoms with Crippen molar-refractivity contribution >= 4 is 23.9 Å². The van der Waals surface area contributed by atoms with E-state index in [4.69, 9.17) is 0 Å². The smallest absolute Gasteiger partial charge is 0.545 e. The van der Waals surface area contributed by atoms with Gasteiger partial charge in [0.05, 0.1) is 23.9 Å². The third-order valence-electron chi connectivity index (χ3n) is 10.9. The first-order valence-electron chi connectivity index (χ1n) is 26.6. The van der Waals surface area contributed by atoms with Crippen molar-refractivity contribution < 1.29 is 60.7 Å². The standard InChI is InChI=1S/4C14H26O2.Mo/c4*1-2-3-4-5-6-7-8-9-10-11-12-13-14(15)16;/h4*12-13H,2-11H2,1H3,(H,15,16);/q;;;;+4/p-4. The number of aliphatic carboxylic acids is 4. The van der Waals surface area contributed by atoms with Crippen molar-refractivity contribution in [2.24, 2.45) is 0 Å². The molecule has 0 bridgehead atoms. The van der Waals surface area contributed by atoms with Crippen molar-refractivity contribution in [1.29, 1.82) is 0 Å². The van der Waals surface area contributed by atoms with Gasteiger partial charge >= 0.3 is 21.1 Å². The predicted octanol–water partition coefficient (Wildman–Crippen LogP) is 12.9. The van der Waals surface area contributed by atoms with Crippen LogP contribution in [0.5, 0.6) is 0 Å². The van der Waals surface area contributed by atoms with Gasteiger partial charge in [-0.2, -0.15) is 0 Å². The Morgan fingerprint density at radius 3 is 0.492 bits per heavy atom. The quantitative estimate of drug-likeness (QED) is 0.0331. The summed E-state index contributed by atoms with van der Waals surface area (Å²) in [6.07, 6.45) is 61.6. The number of carboxylic acid groups (broad SMARTS) is 4. The summed E-state index contributed by atoms with van der Waals surface area (Å²) >= 11 is 0. The molecule has 0 rings (SSSR count). The number of carbonyl (C=O) groups excluding carboxylic acids is 4. The van der Waals surface area contributed by atoms with E-state index in [1.807, 2.05) is 0 Å².